The highest BCUT2D eigenvalue weighted by Crippen LogP contribution is 2.29. The third-order valence-electron chi connectivity index (χ3n) is 2.65. The highest BCUT2D eigenvalue weighted by molar-refractivity contribution is 7.93. The van der Waals surface area contributed by atoms with Gasteiger partial charge < -0.3 is 0 Å². The SMILES string of the molecule is CC(C)CN1c2ccccc2C(=O)CS1(=O)=O. The van der Waals surface area contributed by atoms with Gasteiger partial charge in [0.1, 0.15) is 5.75 Å². The Bertz CT molecular complexity index is 549. The van der Waals surface area contributed by atoms with E-state index in [1.54, 1.807) is 24.3 Å². The van der Waals surface area contributed by atoms with Crippen LogP contribution in [0.1, 0.15) is 24.2 Å². The average molecular weight is 253 g/mol. The van der Waals surface area contributed by atoms with E-state index in [1.165, 1.54) is 4.31 Å². The van der Waals surface area contributed by atoms with E-state index in [2.05, 4.69) is 0 Å². The Hall–Kier alpha value is -1.36. The first-order chi connectivity index (χ1) is 7.92. The van der Waals surface area contributed by atoms with Crippen molar-refractivity contribution in [1.82, 2.24) is 0 Å². The third kappa shape index (κ3) is 2.20. The molecule has 0 unspecified atom stereocenters. The Morgan fingerprint density at radius 2 is 1.94 bits per heavy atom. The lowest BCUT2D eigenvalue weighted by Crippen LogP contribution is -2.42. The molecule has 0 fully saturated rings. The Labute approximate surface area is 101 Å². The molecule has 0 amide bonds. The van der Waals surface area contributed by atoms with Gasteiger partial charge in [-0.25, -0.2) is 8.42 Å². The second kappa shape index (κ2) is 4.14. The van der Waals surface area contributed by atoms with Crippen LogP contribution in [0.4, 0.5) is 5.69 Å². The van der Waals surface area contributed by atoms with Crippen LogP contribution in [-0.2, 0) is 10.0 Å². The molecular weight excluding hydrogens is 238 g/mol. The summed E-state index contributed by atoms with van der Waals surface area (Å²) >= 11 is 0. The number of carbonyl (C=O) groups excluding carboxylic acids is 1. The van der Waals surface area contributed by atoms with Gasteiger partial charge >= 0.3 is 0 Å². The van der Waals surface area contributed by atoms with Crippen molar-refractivity contribution in [3.63, 3.8) is 0 Å². The summed E-state index contributed by atoms with van der Waals surface area (Å²) in [5.41, 5.74) is 1.01. The molecular formula is C12H15NO3S. The second-order valence-corrected chi connectivity index (χ2v) is 6.51. The maximum Gasteiger partial charge on any atom is 0.242 e. The van der Waals surface area contributed by atoms with Crippen molar-refractivity contribution in [2.75, 3.05) is 16.6 Å². The van der Waals surface area contributed by atoms with Crippen LogP contribution < -0.4 is 4.31 Å². The number of para-hydroxylation sites is 1. The zero-order valence-electron chi connectivity index (χ0n) is 9.88. The smallest absolute Gasteiger partial charge is 0.242 e. The Balaban J connectivity index is 2.55. The highest BCUT2D eigenvalue weighted by atomic mass is 32.2. The van der Waals surface area contributed by atoms with E-state index >= 15 is 0 Å². The fraction of sp³-hybridized carbons (Fsp3) is 0.417. The van der Waals surface area contributed by atoms with Crippen LogP contribution >= 0.6 is 0 Å². The molecule has 5 heteroatoms. The number of ketones is 1. The van der Waals surface area contributed by atoms with E-state index in [9.17, 15) is 13.2 Å². The number of Topliss-reactive ketones (excluding diaryl/α,β-unsaturated/α-hetero) is 1. The number of sulfonamides is 1. The van der Waals surface area contributed by atoms with Crippen LogP contribution in [0.3, 0.4) is 0 Å². The van der Waals surface area contributed by atoms with Crippen LogP contribution in [-0.4, -0.2) is 26.5 Å². The fourth-order valence-corrected chi connectivity index (χ4v) is 3.57. The Kier molecular flexibility index (Phi) is 2.95. The lowest BCUT2D eigenvalue weighted by molar-refractivity contribution is 0.102. The van der Waals surface area contributed by atoms with Crippen molar-refractivity contribution in [2.45, 2.75) is 13.8 Å². The lowest BCUT2D eigenvalue weighted by Gasteiger charge is -2.31. The summed E-state index contributed by atoms with van der Waals surface area (Å²) in [6.45, 7) is 4.32. The van der Waals surface area contributed by atoms with Crippen molar-refractivity contribution in [3.05, 3.63) is 29.8 Å². The first kappa shape index (κ1) is 12.1. The van der Waals surface area contributed by atoms with Gasteiger partial charge in [0.2, 0.25) is 10.0 Å². The Morgan fingerprint density at radius 3 is 2.59 bits per heavy atom. The minimum absolute atomic E-state index is 0.214. The van der Waals surface area contributed by atoms with Crippen LogP contribution in [0.15, 0.2) is 24.3 Å². The quantitative estimate of drug-likeness (QED) is 0.805. The maximum absolute atomic E-state index is 12.0. The summed E-state index contributed by atoms with van der Waals surface area (Å²) in [7, 11) is -3.50. The van der Waals surface area contributed by atoms with E-state index in [4.69, 9.17) is 0 Å². The molecule has 0 saturated heterocycles. The van der Waals surface area contributed by atoms with Crippen molar-refractivity contribution in [1.29, 1.82) is 0 Å². The van der Waals surface area contributed by atoms with E-state index < -0.39 is 15.8 Å². The van der Waals surface area contributed by atoms with Gasteiger partial charge in [0.05, 0.1) is 5.69 Å². The summed E-state index contributed by atoms with van der Waals surface area (Å²) in [6, 6.07) is 6.87. The number of hydrogen-bond donors (Lipinski definition) is 0. The van der Waals surface area contributed by atoms with Crippen molar-refractivity contribution >= 4 is 21.5 Å². The molecule has 17 heavy (non-hydrogen) atoms. The summed E-state index contributed by atoms with van der Waals surface area (Å²) in [4.78, 5) is 11.7. The Morgan fingerprint density at radius 1 is 1.29 bits per heavy atom. The number of hydrogen-bond acceptors (Lipinski definition) is 3. The number of benzene rings is 1. The number of fused-ring (bicyclic) bond motifs is 1. The van der Waals surface area contributed by atoms with Gasteiger partial charge in [0.15, 0.2) is 5.78 Å². The summed E-state index contributed by atoms with van der Waals surface area (Å²) in [5, 5.41) is 0. The molecule has 92 valence electrons. The standard InChI is InChI=1S/C12H15NO3S/c1-9(2)7-13-11-6-4-3-5-10(11)12(14)8-17(13,15)16/h3-6,9H,7-8H2,1-2H3. The summed E-state index contributed by atoms with van der Waals surface area (Å²) < 4.78 is 25.3. The largest absolute Gasteiger partial charge is 0.293 e. The van der Waals surface area contributed by atoms with Gasteiger partial charge in [-0.2, -0.15) is 0 Å². The van der Waals surface area contributed by atoms with E-state index in [1.807, 2.05) is 13.8 Å². The van der Waals surface area contributed by atoms with Gasteiger partial charge in [-0.15, -0.1) is 0 Å². The van der Waals surface area contributed by atoms with Gasteiger partial charge in [-0.1, -0.05) is 26.0 Å². The number of carbonyl (C=O) groups is 1. The molecule has 0 saturated carbocycles. The number of nitrogens with zero attached hydrogens (tertiary/aromatic N) is 1. The van der Waals surface area contributed by atoms with Gasteiger partial charge in [-0.3, -0.25) is 9.10 Å². The number of rotatable bonds is 2. The van der Waals surface area contributed by atoms with Crippen LogP contribution in [0.25, 0.3) is 0 Å². The molecule has 0 atom stereocenters. The van der Waals surface area contributed by atoms with Crippen LogP contribution in [0, 0.1) is 5.92 Å². The molecule has 2 rings (SSSR count). The number of anilines is 1. The minimum Gasteiger partial charge on any atom is -0.293 e. The van der Waals surface area contributed by atoms with Gasteiger partial charge in [0, 0.05) is 12.1 Å². The molecule has 4 nitrogen and oxygen atoms in total. The summed E-state index contributed by atoms with van der Waals surface area (Å²) in [5.74, 6) is -0.525. The molecule has 0 aliphatic carbocycles. The van der Waals surface area contributed by atoms with Crippen LogP contribution in [0.2, 0.25) is 0 Å². The molecule has 1 aromatic rings. The molecule has 1 heterocycles. The minimum atomic E-state index is -3.50. The molecule has 0 N–H and O–H groups in total. The summed E-state index contributed by atoms with van der Waals surface area (Å²) in [6.07, 6.45) is 0. The monoisotopic (exact) mass is 253 g/mol. The molecule has 0 aromatic heterocycles. The zero-order valence-corrected chi connectivity index (χ0v) is 10.7. The van der Waals surface area contributed by atoms with Crippen molar-refractivity contribution in [2.24, 2.45) is 5.92 Å². The van der Waals surface area contributed by atoms with Gasteiger partial charge in [0.25, 0.3) is 0 Å². The molecule has 0 bridgehead atoms. The molecule has 1 aliphatic heterocycles. The van der Waals surface area contributed by atoms with Gasteiger partial charge in [-0.05, 0) is 18.1 Å². The normalized spacial score (nSPS) is 18.3. The third-order valence-corrected chi connectivity index (χ3v) is 4.30. The topological polar surface area (TPSA) is 54.5 Å². The van der Waals surface area contributed by atoms with E-state index in [0.29, 0.717) is 17.8 Å². The first-order valence-corrected chi connectivity index (χ1v) is 7.15. The van der Waals surface area contributed by atoms with Crippen molar-refractivity contribution in [3.8, 4) is 0 Å². The fourth-order valence-electron chi connectivity index (χ4n) is 1.94. The van der Waals surface area contributed by atoms with E-state index in [0.717, 1.165) is 0 Å². The molecule has 0 radical (unpaired) electrons. The average Bonchev–Trinajstić information content (AvgIpc) is 2.23. The lowest BCUT2D eigenvalue weighted by atomic mass is 10.1. The molecule has 1 aromatic carbocycles. The zero-order chi connectivity index (χ0) is 12.6. The van der Waals surface area contributed by atoms with E-state index in [-0.39, 0.29) is 11.7 Å². The van der Waals surface area contributed by atoms with Crippen molar-refractivity contribution < 1.29 is 13.2 Å². The highest BCUT2D eigenvalue weighted by Gasteiger charge is 2.34. The molecule has 1 aliphatic rings. The predicted octanol–water partition coefficient (Wildman–Crippen LogP) is 1.68. The second-order valence-electron chi connectivity index (χ2n) is 4.62. The predicted molar refractivity (Wildman–Crippen MR) is 66.7 cm³/mol. The molecule has 0 spiro atoms. The maximum atomic E-state index is 12.0. The first-order valence-electron chi connectivity index (χ1n) is 5.54. The van der Waals surface area contributed by atoms with Crippen LogP contribution in [0.5, 0.6) is 0 Å².